The van der Waals surface area contributed by atoms with Gasteiger partial charge in [0.1, 0.15) is 12.4 Å². The molecule has 0 amide bonds. The Hall–Kier alpha value is -2.75. The molecule has 1 aromatic carbocycles. The summed E-state index contributed by atoms with van der Waals surface area (Å²) in [4.78, 5) is 0.274. The summed E-state index contributed by atoms with van der Waals surface area (Å²) in [6.07, 6.45) is 9.38. The molecule has 1 heterocycles. The molecule has 0 bridgehead atoms. The van der Waals surface area contributed by atoms with E-state index in [2.05, 4.69) is 35.5 Å². The molecule has 0 radical (unpaired) electrons. The summed E-state index contributed by atoms with van der Waals surface area (Å²) in [6.45, 7) is 1.10. The highest BCUT2D eigenvalue weighted by atomic mass is 32.2. The van der Waals surface area contributed by atoms with Gasteiger partial charge in [0.15, 0.2) is 16.1 Å². The number of ether oxygens (including phenoxy) is 2. The Bertz CT molecular complexity index is 950. The van der Waals surface area contributed by atoms with Gasteiger partial charge >= 0.3 is 0 Å². The second kappa shape index (κ2) is 12.6. The van der Waals surface area contributed by atoms with Crippen molar-refractivity contribution in [3.05, 3.63) is 54.6 Å². The van der Waals surface area contributed by atoms with E-state index in [-0.39, 0.29) is 16.9 Å². The Kier molecular flexibility index (Phi) is 9.70. The summed E-state index contributed by atoms with van der Waals surface area (Å²) in [7, 11) is -3.37. The van der Waals surface area contributed by atoms with E-state index in [4.69, 9.17) is 9.47 Å². The molecule has 1 aromatic rings. The number of hydrogen-bond acceptors (Lipinski definition) is 4. The predicted octanol–water partition coefficient (Wildman–Crippen LogP) is 3.13. The molecule has 0 saturated carbocycles. The number of benzene rings is 1. The van der Waals surface area contributed by atoms with Crippen molar-refractivity contribution in [3.8, 4) is 35.5 Å². The zero-order valence-electron chi connectivity index (χ0n) is 15.6. The molecular weight excluding hydrogens is 372 g/mol. The third-order valence-corrected chi connectivity index (χ3v) is 5.15. The molecule has 1 unspecified atom stereocenters. The van der Waals surface area contributed by atoms with Crippen LogP contribution in [0.25, 0.3) is 0 Å². The van der Waals surface area contributed by atoms with Crippen LogP contribution in [0.1, 0.15) is 19.3 Å². The highest BCUT2D eigenvalue weighted by Gasteiger charge is 2.12. The molecule has 1 atom stereocenters. The Morgan fingerprint density at radius 1 is 0.964 bits per heavy atom. The van der Waals surface area contributed by atoms with Gasteiger partial charge in [-0.05, 0) is 55.7 Å². The SMILES string of the molecule is O=S(=O)(CC#C/C=C\C#C/C=C\C#CCOC1CCCCO1)c1ccccc1. The summed E-state index contributed by atoms with van der Waals surface area (Å²) < 4.78 is 34.9. The van der Waals surface area contributed by atoms with Crippen LogP contribution in [0, 0.1) is 35.5 Å². The number of hydrogen-bond donors (Lipinski definition) is 0. The van der Waals surface area contributed by atoms with Crippen LogP contribution in [0.3, 0.4) is 0 Å². The van der Waals surface area contributed by atoms with Gasteiger partial charge in [0.25, 0.3) is 0 Å². The van der Waals surface area contributed by atoms with E-state index < -0.39 is 9.84 Å². The van der Waals surface area contributed by atoms with E-state index in [0.717, 1.165) is 25.9 Å². The molecule has 0 aromatic heterocycles. The number of allylic oxidation sites excluding steroid dienone is 4. The van der Waals surface area contributed by atoms with Crippen LogP contribution in [-0.2, 0) is 19.3 Å². The lowest BCUT2D eigenvalue weighted by Gasteiger charge is -2.21. The first-order valence-electron chi connectivity index (χ1n) is 8.97. The van der Waals surface area contributed by atoms with Crippen molar-refractivity contribution in [1.82, 2.24) is 0 Å². The van der Waals surface area contributed by atoms with Crippen molar-refractivity contribution < 1.29 is 17.9 Å². The van der Waals surface area contributed by atoms with Gasteiger partial charge in [0, 0.05) is 6.61 Å². The Labute approximate surface area is 167 Å². The zero-order chi connectivity index (χ0) is 19.9. The summed E-state index contributed by atoms with van der Waals surface area (Å²) in [5.41, 5.74) is 0. The molecule has 1 saturated heterocycles. The third-order valence-electron chi connectivity index (χ3n) is 3.63. The molecule has 28 heavy (non-hydrogen) atoms. The molecule has 4 nitrogen and oxygen atoms in total. The minimum atomic E-state index is -3.37. The van der Waals surface area contributed by atoms with Crippen LogP contribution in [0.5, 0.6) is 0 Å². The van der Waals surface area contributed by atoms with Crippen molar-refractivity contribution in [3.63, 3.8) is 0 Å². The minimum absolute atomic E-state index is 0.124. The second-order valence-corrected chi connectivity index (χ2v) is 7.77. The Morgan fingerprint density at radius 2 is 1.64 bits per heavy atom. The van der Waals surface area contributed by atoms with E-state index in [1.807, 2.05) is 0 Å². The lowest BCUT2D eigenvalue weighted by atomic mass is 10.2. The molecule has 0 spiro atoms. The van der Waals surface area contributed by atoms with Crippen LogP contribution in [0.4, 0.5) is 0 Å². The highest BCUT2D eigenvalue weighted by Crippen LogP contribution is 2.13. The van der Waals surface area contributed by atoms with Gasteiger partial charge in [-0.1, -0.05) is 53.7 Å². The van der Waals surface area contributed by atoms with Crippen molar-refractivity contribution in [2.24, 2.45) is 0 Å². The van der Waals surface area contributed by atoms with Crippen molar-refractivity contribution >= 4 is 9.84 Å². The monoisotopic (exact) mass is 394 g/mol. The molecule has 2 rings (SSSR count). The van der Waals surface area contributed by atoms with E-state index in [1.54, 1.807) is 48.6 Å². The van der Waals surface area contributed by atoms with Crippen molar-refractivity contribution in [2.45, 2.75) is 30.4 Å². The first-order chi connectivity index (χ1) is 13.7. The predicted molar refractivity (Wildman–Crippen MR) is 110 cm³/mol. The largest absolute Gasteiger partial charge is 0.353 e. The maximum absolute atomic E-state index is 12.0. The molecule has 5 heteroatoms. The normalized spacial score (nSPS) is 16.5. The van der Waals surface area contributed by atoms with E-state index >= 15 is 0 Å². The Balaban J connectivity index is 1.66. The fourth-order valence-electron chi connectivity index (χ4n) is 2.25. The van der Waals surface area contributed by atoms with Crippen LogP contribution < -0.4 is 0 Å². The molecule has 0 N–H and O–H groups in total. The first kappa shape index (κ1) is 21.5. The summed E-state index contributed by atoms with van der Waals surface area (Å²) >= 11 is 0. The van der Waals surface area contributed by atoms with Gasteiger partial charge in [-0.15, -0.1) is 0 Å². The van der Waals surface area contributed by atoms with E-state index in [0.29, 0.717) is 6.61 Å². The minimum Gasteiger partial charge on any atom is -0.353 e. The highest BCUT2D eigenvalue weighted by molar-refractivity contribution is 7.91. The standard InChI is InChI=1S/C23H22O4S/c24-28(25,22-16-10-9-11-17-22)21-15-8-6-4-2-1-3-5-7-13-19-26-23-18-12-14-20-27-23/h3-6,9-11,16-17,23H,12,14,18-21H2/b5-3-,6-4-. The maximum atomic E-state index is 12.0. The third kappa shape index (κ3) is 8.76. The van der Waals surface area contributed by atoms with Gasteiger partial charge in [0.2, 0.25) is 0 Å². The lowest BCUT2D eigenvalue weighted by molar-refractivity contribution is -0.154. The zero-order valence-corrected chi connectivity index (χ0v) is 16.4. The molecule has 0 aliphatic carbocycles. The molecule has 1 fully saturated rings. The van der Waals surface area contributed by atoms with Crippen LogP contribution in [-0.4, -0.2) is 33.7 Å². The summed E-state index contributed by atoms with van der Waals surface area (Å²) in [6, 6.07) is 8.26. The summed E-state index contributed by atoms with van der Waals surface area (Å²) in [5, 5.41) is 0. The smallest absolute Gasteiger partial charge is 0.189 e. The molecular formula is C23H22O4S. The first-order valence-corrected chi connectivity index (χ1v) is 10.6. The van der Waals surface area contributed by atoms with E-state index in [9.17, 15) is 8.42 Å². The average Bonchev–Trinajstić information content (AvgIpc) is 2.73. The van der Waals surface area contributed by atoms with Gasteiger partial charge in [-0.3, -0.25) is 0 Å². The molecule has 1 aliphatic heterocycles. The van der Waals surface area contributed by atoms with Gasteiger partial charge in [0.05, 0.1) is 4.90 Å². The van der Waals surface area contributed by atoms with Crippen LogP contribution in [0.15, 0.2) is 59.5 Å². The topological polar surface area (TPSA) is 52.6 Å². The van der Waals surface area contributed by atoms with Crippen molar-refractivity contribution in [2.75, 3.05) is 19.0 Å². The lowest BCUT2D eigenvalue weighted by Crippen LogP contribution is -2.22. The fourth-order valence-corrected chi connectivity index (χ4v) is 3.26. The number of sulfone groups is 1. The van der Waals surface area contributed by atoms with Gasteiger partial charge in [-0.2, -0.15) is 0 Å². The Morgan fingerprint density at radius 3 is 2.32 bits per heavy atom. The summed E-state index contributed by atoms with van der Waals surface area (Å²) in [5.74, 6) is 16.3. The van der Waals surface area contributed by atoms with Gasteiger partial charge in [-0.25, -0.2) is 8.42 Å². The van der Waals surface area contributed by atoms with Crippen LogP contribution >= 0.6 is 0 Å². The fraction of sp³-hybridized carbons (Fsp3) is 0.304. The second-order valence-electron chi connectivity index (χ2n) is 5.78. The van der Waals surface area contributed by atoms with E-state index in [1.165, 1.54) is 6.08 Å². The van der Waals surface area contributed by atoms with Crippen LogP contribution in [0.2, 0.25) is 0 Å². The average molecular weight is 394 g/mol. The number of rotatable bonds is 4. The van der Waals surface area contributed by atoms with Gasteiger partial charge < -0.3 is 9.47 Å². The quantitative estimate of drug-likeness (QED) is 0.737. The molecule has 144 valence electrons. The molecule has 1 aliphatic rings. The maximum Gasteiger partial charge on any atom is 0.189 e. The van der Waals surface area contributed by atoms with Crippen molar-refractivity contribution in [1.29, 1.82) is 0 Å².